The van der Waals surface area contributed by atoms with Gasteiger partial charge in [-0.25, -0.2) is 0 Å². The molecule has 2 heteroatoms. The molecule has 1 aliphatic rings. The molecule has 1 rings (SSSR count). The van der Waals surface area contributed by atoms with Crippen LogP contribution in [0.1, 0.15) is 13.3 Å². The van der Waals surface area contributed by atoms with Crippen molar-refractivity contribution in [3.05, 3.63) is 0 Å². The van der Waals surface area contributed by atoms with Crippen molar-refractivity contribution >= 4 is 5.71 Å². The van der Waals surface area contributed by atoms with Gasteiger partial charge in [-0.15, -0.1) is 0 Å². The number of hydrogen-bond donors (Lipinski definition) is 1. The lowest BCUT2D eigenvalue weighted by molar-refractivity contribution is 0.110. The first-order valence-electron chi connectivity index (χ1n) is 2.96. The predicted molar refractivity (Wildman–Crippen MR) is 32.3 cm³/mol. The minimum Gasteiger partial charge on any atom is -0.380 e. The molecule has 46 valence electrons. The first-order chi connectivity index (χ1) is 3.80. The highest BCUT2D eigenvalue weighted by atomic mass is 16.5. The molecule has 0 aliphatic carbocycles. The standard InChI is InChI=1S/C6H11NO/c1-5-4-8-3-2-6(5)7/h5,7H,2-4H2,1H3. The highest BCUT2D eigenvalue weighted by Gasteiger charge is 2.13. The van der Waals surface area contributed by atoms with E-state index in [9.17, 15) is 0 Å². The quantitative estimate of drug-likeness (QED) is 0.500. The van der Waals surface area contributed by atoms with Crippen molar-refractivity contribution in [2.24, 2.45) is 5.92 Å². The molecule has 0 amide bonds. The summed E-state index contributed by atoms with van der Waals surface area (Å²) in [5.74, 6) is 0.365. The molecular weight excluding hydrogens is 102 g/mol. The molecule has 0 spiro atoms. The molecule has 0 bridgehead atoms. The average Bonchev–Trinajstić information content (AvgIpc) is 1.77. The molecule has 0 aromatic rings. The monoisotopic (exact) mass is 113 g/mol. The van der Waals surface area contributed by atoms with Crippen molar-refractivity contribution < 1.29 is 4.74 Å². The number of ether oxygens (including phenoxy) is 1. The SMILES string of the molecule is CC1COCCC1=N. The van der Waals surface area contributed by atoms with Crippen molar-refractivity contribution in [3.8, 4) is 0 Å². The lowest BCUT2D eigenvalue weighted by atomic mass is 10.0. The van der Waals surface area contributed by atoms with Gasteiger partial charge in [0.2, 0.25) is 0 Å². The summed E-state index contributed by atoms with van der Waals surface area (Å²) in [6.45, 7) is 3.53. The molecule has 8 heavy (non-hydrogen) atoms. The van der Waals surface area contributed by atoms with Crippen LogP contribution in [0.25, 0.3) is 0 Å². The van der Waals surface area contributed by atoms with Crippen LogP contribution in [0.2, 0.25) is 0 Å². The zero-order valence-electron chi connectivity index (χ0n) is 5.11. The van der Waals surface area contributed by atoms with Gasteiger partial charge in [-0.3, -0.25) is 0 Å². The fourth-order valence-corrected chi connectivity index (χ4v) is 0.789. The fourth-order valence-electron chi connectivity index (χ4n) is 0.789. The van der Waals surface area contributed by atoms with Crippen LogP contribution >= 0.6 is 0 Å². The van der Waals surface area contributed by atoms with Gasteiger partial charge >= 0.3 is 0 Å². The van der Waals surface area contributed by atoms with Gasteiger partial charge in [0.25, 0.3) is 0 Å². The van der Waals surface area contributed by atoms with E-state index in [4.69, 9.17) is 10.1 Å². The Labute approximate surface area is 49.4 Å². The van der Waals surface area contributed by atoms with Crippen molar-refractivity contribution in [2.75, 3.05) is 13.2 Å². The van der Waals surface area contributed by atoms with Gasteiger partial charge in [0.15, 0.2) is 0 Å². The second kappa shape index (κ2) is 2.27. The summed E-state index contributed by atoms with van der Waals surface area (Å²) in [6.07, 6.45) is 0.834. The molecule has 0 saturated carbocycles. The van der Waals surface area contributed by atoms with Crippen LogP contribution in [0.4, 0.5) is 0 Å². The molecule has 1 aliphatic heterocycles. The van der Waals surface area contributed by atoms with Crippen LogP contribution in [-0.4, -0.2) is 18.9 Å². The summed E-state index contributed by atoms with van der Waals surface area (Å²) >= 11 is 0. The summed E-state index contributed by atoms with van der Waals surface area (Å²) < 4.78 is 5.11. The Hall–Kier alpha value is -0.370. The van der Waals surface area contributed by atoms with Crippen LogP contribution in [0.3, 0.4) is 0 Å². The van der Waals surface area contributed by atoms with Crippen molar-refractivity contribution in [1.82, 2.24) is 0 Å². The highest BCUT2D eigenvalue weighted by Crippen LogP contribution is 2.07. The molecule has 0 aromatic heterocycles. The molecule has 0 radical (unpaired) electrons. The van der Waals surface area contributed by atoms with Gasteiger partial charge in [-0.05, 0) is 0 Å². The van der Waals surface area contributed by atoms with Gasteiger partial charge in [0, 0.05) is 18.1 Å². The Balaban J connectivity index is 2.39. The van der Waals surface area contributed by atoms with Crippen LogP contribution in [0, 0.1) is 11.3 Å². The Morgan fingerprint density at radius 2 is 2.50 bits per heavy atom. The molecule has 0 aromatic carbocycles. The normalized spacial score (nSPS) is 30.6. The second-order valence-electron chi connectivity index (χ2n) is 2.25. The number of nitrogens with one attached hydrogen (secondary N) is 1. The molecule has 1 atom stereocenters. The predicted octanol–water partition coefficient (Wildman–Crippen LogP) is 1.06. The third-order valence-corrected chi connectivity index (χ3v) is 1.48. The molecule has 2 nitrogen and oxygen atoms in total. The Morgan fingerprint density at radius 3 is 2.88 bits per heavy atom. The van der Waals surface area contributed by atoms with Crippen LogP contribution in [0.5, 0.6) is 0 Å². The number of rotatable bonds is 0. The maximum atomic E-state index is 7.31. The Bertz CT molecular complexity index is 101. The van der Waals surface area contributed by atoms with Gasteiger partial charge in [-0.2, -0.15) is 0 Å². The van der Waals surface area contributed by atoms with E-state index >= 15 is 0 Å². The average molecular weight is 113 g/mol. The maximum Gasteiger partial charge on any atom is 0.0543 e. The second-order valence-corrected chi connectivity index (χ2v) is 2.25. The molecule has 1 fully saturated rings. The van der Waals surface area contributed by atoms with Crippen LogP contribution in [-0.2, 0) is 4.74 Å². The van der Waals surface area contributed by atoms with Crippen LogP contribution in [0.15, 0.2) is 0 Å². The van der Waals surface area contributed by atoms with E-state index in [1.807, 2.05) is 6.92 Å². The van der Waals surface area contributed by atoms with E-state index < -0.39 is 0 Å². The maximum absolute atomic E-state index is 7.31. The van der Waals surface area contributed by atoms with E-state index in [0.717, 1.165) is 25.3 Å². The molecule has 1 unspecified atom stereocenters. The zero-order valence-corrected chi connectivity index (χ0v) is 5.11. The minimum absolute atomic E-state index is 0.365. The number of hydrogen-bond acceptors (Lipinski definition) is 2. The van der Waals surface area contributed by atoms with E-state index in [1.54, 1.807) is 0 Å². The molecule has 1 N–H and O–H groups in total. The first kappa shape index (κ1) is 5.76. The highest BCUT2D eigenvalue weighted by molar-refractivity contribution is 5.84. The molecule has 1 saturated heterocycles. The third-order valence-electron chi connectivity index (χ3n) is 1.48. The van der Waals surface area contributed by atoms with E-state index in [2.05, 4.69) is 0 Å². The largest absolute Gasteiger partial charge is 0.380 e. The summed E-state index contributed by atoms with van der Waals surface area (Å²) in [5.41, 5.74) is 0.844. The van der Waals surface area contributed by atoms with Crippen LogP contribution < -0.4 is 0 Å². The zero-order chi connectivity index (χ0) is 5.98. The summed E-state index contributed by atoms with van der Waals surface area (Å²) in [6, 6.07) is 0. The summed E-state index contributed by atoms with van der Waals surface area (Å²) in [7, 11) is 0. The van der Waals surface area contributed by atoms with E-state index in [1.165, 1.54) is 0 Å². The smallest absolute Gasteiger partial charge is 0.0543 e. The van der Waals surface area contributed by atoms with Crippen molar-refractivity contribution in [1.29, 1.82) is 5.41 Å². The summed E-state index contributed by atoms with van der Waals surface area (Å²) in [5, 5.41) is 7.31. The Kier molecular flexibility index (Phi) is 1.63. The minimum atomic E-state index is 0.365. The van der Waals surface area contributed by atoms with Crippen molar-refractivity contribution in [2.45, 2.75) is 13.3 Å². The molecular formula is C6H11NO. The first-order valence-corrected chi connectivity index (χ1v) is 2.96. The topological polar surface area (TPSA) is 33.1 Å². The lowest BCUT2D eigenvalue weighted by Crippen LogP contribution is -2.24. The third kappa shape index (κ3) is 1.07. The van der Waals surface area contributed by atoms with E-state index in [-0.39, 0.29) is 0 Å². The lowest BCUT2D eigenvalue weighted by Gasteiger charge is -2.18. The van der Waals surface area contributed by atoms with Gasteiger partial charge < -0.3 is 10.1 Å². The Morgan fingerprint density at radius 1 is 1.75 bits per heavy atom. The van der Waals surface area contributed by atoms with E-state index in [0.29, 0.717) is 5.92 Å². The fraction of sp³-hybridized carbons (Fsp3) is 0.833. The van der Waals surface area contributed by atoms with Gasteiger partial charge in [-0.1, -0.05) is 6.92 Å². The van der Waals surface area contributed by atoms with Gasteiger partial charge in [0.1, 0.15) is 0 Å². The summed E-state index contributed by atoms with van der Waals surface area (Å²) in [4.78, 5) is 0. The molecule has 1 heterocycles. The van der Waals surface area contributed by atoms with Gasteiger partial charge in [0.05, 0.1) is 13.2 Å². The van der Waals surface area contributed by atoms with Crippen molar-refractivity contribution in [3.63, 3.8) is 0 Å².